The molecule has 136 valence electrons. The molecule has 0 bridgehead atoms. The monoisotopic (exact) mass is 346 g/mol. The second kappa shape index (κ2) is 7.97. The maximum Gasteiger partial charge on any atom is 0.253 e. The molecule has 6 nitrogen and oxygen atoms in total. The van der Waals surface area contributed by atoms with Gasteiger partial charge in [-0.1, -0.05) is 12.1 Å². The Balaban J connectivity index is 1.62. The summed E-state index contributed by atoms with van der Waals surface area (Å²) in [4.78, 5) is 26.4. The molecule has 6 heteroatoms. The van der Waals surface area contributed by atoms with E-state index in [1.165, 1.54) is 0 Å². The maximum absolute atomic E-state index is 12.6. The van der Waals surface area contributed by atoms with E-state index in [1.54, 1.807) is 30.1 Å². The molecular weight excluding hydrogens is 320 g/mol. The summed E-state index contributed by atoms with van der Waals surface area (Å²) >= 11 is 0. The minimum absolute atomic E-state index is 0.0579. The third-order valence-corrected chi connectivity index (χ3v) is 5.05. The van der Waals surface area contributed by atoms with E-state index in [4.69, 9.17) is 4.74 Å². The van der Waals surface area contributed by atoms with Crippen LogP contribution >= 0.6 is 0 Å². The number of nitrogens with one attached hydrogen (secondary N) is 1. The zero-order valence-corrected chi connectivity index (χ0v) is 14.6. The Morgan fingerprint density at radius 1 is 1.24 bits per heavy atom. The second-order valence-corrected chi connectivity index (χ2v) is 6.92. The summed E-state index contributed by atoms with van der Waals surface area (Å²) in [5.41, 5.74) is 1.07. The van der Waals surface area contributed by atoms with Crippen LogP contribution < -0.4 is 10.2 Å². The molecule has 2 amide bonds. The molecule has 1 aliphatic carbocycles. The van der Waals surface area contributed by atoms with Gasteiger partial charge in [-0.2, -0.15) is 0 Å². The lowest BCUT2D eigenvalue weighted by Crippen LogP contribution is -2.39. The molecule has 1 atom stereocenters. The van der Waals surface area contributed by atoms with Gasteiger partial charge in [0.05, 0.1) is 17.4 Å². The Bertz CT molecular complexity index is 624. The quantitative estimate of drug-likeness (QED) is 0.820. The number of rotatable bonds is 6. The van der Waals surface area contributed by atoms with E-state index in [0.717, 1.165) is 25.7 Å². The van der Waals surface area contributed by atoms with Crippen molar-refractivity contribution in [2.45, 2.75) is 31.8 Å². The molecule has 1 saturated heterocycles. The first-order chi connectivity index (χ1) is 12.1. The van der Waals surface area contributed by atoms with Gasteiger partial charge in [-0.15, -0.1) is 0 Å². The number of hydrogen-bond donors (Lipinski definition) is 2. The lowest BCUT2D eigenvalue weighted by molar-refractivity contribution is -0.119. The van der Waals surface area contributed by atoms with Crippen LogP contribution in [0.25, 0.3) is 0 Å². The van der Waals surface area contributed by atoms with Gasteiger partial charge in [0.25, 0.3) is 5.91 Å². The molecule has 1 heterocycles. The fraction of sp³-hybridized carbons (Fsp3) is 0.579. The summed E-state index contributed by atoms with van der Waals surface area (Å²) in [6.45, 7) is 1.53. The summed E-state index contributed by atoms with van der Waals surface area (Å²) in [5, 5.41) is 13.1. The molecule has 0 unspecified atom stereocenters. The number of carbonyl (C=O) groups is 2. The van der Waals surface area contributed by atoms with Crippen molar-refractivity contribution in [1.29, 1.82) is 0 Å². The van der Waals surface area contributed by atoms with Gasteiger partial charge < -0.3 is 20.1 Å². The predicted molar refractivity (Wildman–Crippen MR) is 94.5 cm³/mol. The molecule has 0 radical (unpaired) electrons. The average Bonchev–Trinajstić information content (AvgIpc) is 3.50. The molecule has 1 aromatic rings. The fourth-order valence-corrected chi connectivity index (χ4v) is 3.24. The Morgan fingerprint density at radius 3 is 2.60 bits per heavy atom. The van der Waals surface area contributed by atoms with E-state index in [0.29, 0.717) is 24.5 Å². The minimum Gasteiger partial charge on any atom is -0.391 e. The Hall–Kier alpha value is -1.92. The first-order valence-corrected chi connectivity index (χ1v) is 8.98. The Labute approximate surface area is 148 Å². The molecule has 1 saturated carbocycles. The Morgan fingerprint density at radius 2 is 1.92 bits per heavy atom. The molecule has 25 heavy (non-hydrogen) atoms. The van der Waals surface area contributed by atoms with Gasteiger partial charge in [0.15, 0.2) is 0 Å². The van der Waals surface area contributed by atoms with Crippen LogP contribution in [0, 0.1) is 11.8 Å². The third kappa shape index (κ3) is 4.38. The van der Waals surface area contributed by atoms with E-state index in [2.05, 4.69) is 5.32 Å². The zero-order chi connectivity index (χ0) is 17.8. The largest absolute Gasteiger partial charge is 0.391 e. The third-order valence-electron chi connectivity index (χ3n) is 5.05. The summed E-state index contributed by atoms with van der Waals surface area (Å²) in [6, 6.07) is 7.09. The number of benzene rings is 1. The number of para-hydroxylation sites is 1. The first kappa shape index (κ1) is 17.9. The van der Waals surface area contributed by atoms with Crippen LogP contribution in [0.1, 0.15) is 36.0 Å². The van der Waals surface area contributed by atoms with Crippen LogP contribution in [-0.2, 0) is 9.53 Å². The van der Waals surface area contributed by atoms with Crippen molar-refractivity contribution >= 4 is 17.5 Å². The smallest absolute Gasteiger partial charge is 0.253 e. The highest BCUT2D eigenvalue weighted by molar-refractivity contribution is 6.05. The van der Waals surface area contributed by atoms with E-state index in [9.17, 15) is 14.7 Å². The van der Waals surface area contributed by atoms with Gasteiger partial charge >= 0.3 is 0 Å². The number of anilines is 1. The van der Waals surface area contributed by atoms with Gasteiger partial charge in [0.2, 0.25) is 5.91 Å². The van der Waals surface area contributed by atoms with Crippen molar-refractivity contribution in [3.8, 4) is 0 Å². The average molecular weight is 346 g/mol. The van der Waals surface area contributed by atoms with Crippen LogP contribution in [0.3, 0.4) is 0 Å². The lowest BCUT2D eigenvalue weighted by atomic mass is 9.94. The molecule has 2 N–H and O–H groups in total. The molecule has 2 aliphatic rings. The Kier molecular flexibility index (Phi) is 5.71. The van der Waals surface area contributed by atoms with E-state index in [-0.39, 0.29) is 30.2 Å². The highest BCUT2D eigenvalue weighted by Crippen LogP contribution is 2.33. The van der Waals surface area contributed by atoms with Crippen molar-refractivity contribution in [3.05, 3.63) is 29.8 Å². The number of amides is 2. The van der Waals surface area contributed by atoms with Crippen LogP contribution in [0.2, 0.25) is 0 Å². The number of nitrogens with zero attached hydrogens (tertiary/aromatic N) is 1. The number of hydrogen-bond acceptors (Lipinski definition) is 4. The highest BCUT2D eigenvalue weighted by atomic mass is 16.5. The molecular formula is C19H26N2O4. The van der Waals surface area contributed by atoms with Crippen molar-refractivity contribution in [2.75, 3.05) is 31.7 Å². The van der Waals surface area contributed by atoms with Gasteiger partial charge in [-0.3, -0.25) is 9.59 Å². The molecule has 1 aliphatic heterocycles. The fourth-order valence-electron chi connectivity index (χ4n) is 3.24. The normalized spacial score (nSPS) is 19.3. The summed E-state index contributed by atoms with van der Waals surface area (Å²) in [5.74, 6) is 0.0412. The standard InChI is InChI=1S/C19H26N2O4/c1-21(19(24)14-6-7-14)16-5-3-2-4-15(16)18(23)20-12-17(22)13-8-10-25-11-9-13/h2-5,13-14,17,22H,6-12H2,1H3,(H,20,23)/t17-/m0/s1. The second-order valence-electron chi connectivity index (χ2n) is 6.92. The lowest BCUT2D eigenvalue weighted by Gasteiger charge is -2.27. The van der Waals surface area contributed by atoms with Crippen LogP contribution in [0.4, 0.5) is 5.69 Å². The van der Waals surface area contributed by atoms with Gasteiger partial charge in [0.1, 0.15) is 0 Å². The van der Waals surface area contributed by atoms with Crippen molar-refractivity contribution in [1.82, 2.24) is 5.32 Å². The molecule has 3 rings (SSSR count). The van der Waals surface area contributed by atoms with Crippen LogP contribution in [0.15, 0.2) is 24.3 Å². The van der Waals surface area contributed by atoms with Crippen molar-refractivity contribution in [3.63, 3.8) is 0 Å². The molecule has 1 aromatic carbocycles. The van der Waals surface area contributed by atoms with Crippen LogP contribution in [0.5, 0.6) is 0 Å². The van der Waals surface area contributed by atoms with E-state index >= 15 is 0 Å². The SMILES string of the molecule is CN(C(=O)C1CC1)c1ccccc1C(=O)NC[C@H](O)C1CCOCC1. The van der Waals surface area contributed by atoms with Crippen LogP contribution in [-0.4, -0.2) is 49.8 Å². The number of aliphatic hydroxyl groups excluding tert-OH is 1. The molecule has 2 fully saturated rings. The number of carbonyl (C=O) groups excluding carboxylic acids is 2. The zero-order valence-electron chi connectivity index (χ0n) is 14.6. The molecule has 0 aromatic heterocycles. The summed E-state index contributed by atoms with van der Waals surface area (Å²) in [7, 11) is 1.71. The summed E-state index contributed by atoms with van der Waals surface area (Å²) < 4.78 is 5.30. The van der Waals surface area contributed by atoms with Crippen molar-refractivity contribution in [2.24, 2.45) is 11.8 Å². The number of ether oxygens (including phenoxy) is 1. The minimum atomic E-state index is -0.578. The highest BCUT2D eigenvalue weighted by Gasteiger charge is 2.33. The summed E-state index contributed by atoms with van der Waals surface area (Å²) in [6.07, 6.45) is 2.90. The van der Waals surface area contributed by atoms with Gasteiger partial charge in [0, 0.05) is 32.7 Å². The molecule has 0 spiro atoms. The first-order valence-electron chi connectivity index (χ1n) is 8.98. The van der Waals surface area contributed by atoms with Gasteiger partial charge in [-0.05, 0) is 43.7 Å². The van der Waals surface area contributed by atoms with Crippen molar-refractivity contribution < 1.29 is 19.4 Å². The van der Waals surface area contributed by atoms with Gasteiger partial charge in [-0.25, -0.2) is 0 Å². The number of aliphatic hydroxyl groups is 1. The topological polar surface area (TPSA) is 78.9 Å². The predicted octanol–water partition coefficient (Wildman–Crippen LogP) is 1.58. The van der Waals surface area contributed by atoms with E-state index < -0.39 is 6.10 Å². The maximum atomic E-state index is 12.6. The van der Waals surface area contributed by atoms with E-state index in [1.807, 2.05) is 6.07 Å².